The van der Waals surface area contributed by atoms with Crippen LogP contribution >= 0.6 is 11.8 Å². The molecule has 0 N–H and O–H groups in total. The highest BCUT2D eigenvalue weighted by molar-refractivity contribution is 7.99. The van der Waals surface area contributed by atoms with Crippen molar-refractivity contribution in [2.75, 3.05) is 17.3 Å². The minimum atomic E-state index is -3.05. The Hall–Kier alpha value is -1.81. The Kier molecular flexibility index (Phi) is 6.49. The summed E-state index contributed by atoms with van der Waals surface area (Å²) >= 11 is 1.32. The number of carbonyl (C=O) groups excluding carboxylic acids is 1. The van der Waals surface area contributed by atoms with Crippen molar-refractivity contribution in [2.45, 2.75) is 57.4 Å². The third-order valence-corrected chi connectivity index (χ3v) is 7.76. The fraction of sp³-hybridized carbons (Fsp3) is 0.611. The van der Waals surface area contributed by atoms with E-state index in [0.717, 1.165) is 6.42 Å². The number of hydrogen-bond acceptors (Lipinski definition) is 7. The van der Waals surface area contributed by atoms with E-state index in [1.54, 1.807) is 17.2 Å². The maximum Gasteiger partial charge on any atom is 0.233 e. The van der Waals surface area contributed by atoms with Gasteiger partial charge in [0.2, 0.25) is 5.91 Å². The summed E-state index contributed by atoms with van der Waals surface area (Å²) in [6.07, 6.45) is 2.87. The fourth-order valence-corrected chi connectivity index (χ4v) is 6.05. The minimum Gasteiger partial charge on any atom is -0.461 e. The van der Waals surface area contributed by atoms with Gasteiger partial charge in [0.25, 0.3) is 0 Å². The molecule has 0 saturated carbocycles. The van der Waals surface area contributed by atoms with Crippen LogP contribution in [-0.4, -0.2) is 63.3 Å². The zero-order valence-electron chi connectivity index (χ0n) is 16.4. The highest BCUT2D eigenvalue weighted by atomic mass is 32.2. The Balaban J connectivity index is 1.73. The Labute approximate surface area is 169 Å². The highest BCUT2D eigenvalue weighted by Gasteiger charge is 2.36. The summed E-state index contributed by atoms with van der Waals surface area (Å²) in [6, 6.07) is 3.37. The third kappa shape index (κ3) is 4.43. The summed E-state index contributed by atoms with van der Waals surface area (Å²) in [5, 5.41) is 9.05. The van der Waals surface area contributed by atoms with Crippen molar-refractivity contribution in [2.24, 2.45) is 0 Å². The number of hydrogen-bond donors (Lipinski definition) is 0. The van der Waals surface area contributed by atoms with Crippen LogP contribution in [0, 0.1) is 0 Å². The molecule has 1 aliphatic heterocycles. The number of carbonyl (C=O) groups is 1. The quantitative estimate of drug-likeness (QED) is 0.598. The van der Waals surface area contributed by atoms with E-state index < -0.39 is 9.84 Å². The van der Waals surface area contributed by atoms with Crippen LogP contribution in [-0.2, 0) is 21.2 Å². The van der Waals surface area contributed by atoms with Gasteiger partial charge in [0, 0.05) is 18.6 Å². The van der Waals surface area contributed by atoms with Crippen molar-refractivity contribution >= 4 is 27.5 Å². The smallest absolute Gasteiger partial charge is 0.233 e. The SMILES string of the molecule is CCC(C)N(C(=O)CSc1nnc(-c2ccco2)n1CC)C1CCS(=O)(=O)C1. The average molecular weight is 427 g/mol. The highest BCUT2D eigenvalue weighted by Crippen LogP contribution is 2.26. The van der Waals surface area contributed by atoms with Gasteiger partial charge in [-0.05, 0) is 38.8 Å². The predicted octanol–water partition coefficient (Wildman–Crippen LogP) is 2.46. The van der Waals surface area contributed by atoms with Crippen molar-refractivity contribution in [1.29, 1.82) is 0 Å². The summed E-state index contributed by atoms with van der Waals surface area (Å²) in [5.74, 6) is 1.60. The molecule has 8 nitrogen and oxygen atoms in total. The molecular formula is C18H26N4O4S2. The molecule has 2 aromatic heterocycles. The summed E-state index contributed by atoms with van der Waals surface area (Å²) in [7, 11) is -3.05. The Morgan fingerprint density at radius 3 is 2.79 bits per heavy atom. The number of amides is 1. The maximum atomic E-state index is 13.0. The normalized spacial score (nSPS) is 19.6. The van der Waals surface area contributed by atoms with E-state index in [-0.39, 0.29) is 35.2 Å². The summed E-state index contributed by atoms with van der Waals surface area (Å²) < 4.78 is 31.1. The molecule has 1 fully saturated rings. The predicted molar refractivity (Wildman–Crippen MR) is 108 cm³/mol. The lowest BCUT2D eigenvalue weighted by atomic mass is 10.1. The average Bonchev–Trinajstić information content (AvgIpc) is 3.39. The molecule has 1 amide bonds. The molecule has 0 bridgehead atoms. The van der Waals surface area contributed by atoms with Gasteiger partial charge in [-0.15, -0.1) is 10.2 Å². The molecule has 10 heteroatoms. The Bertz CT molecular complexity index is 908. The largest absolute Gasteiger partial charge is 0.461 e. The van der Waals surface area contributed by atoms with Gasteiger partial charge in [-0.25, -0.2) is 8.42 Å². The molecule has 3 rings (SSSR count). The van der Waals surface area contributed by atoms with Crippen molar-refractivity contribution in [1.82, 2.24) is 19.7 Å². The van der Waals surface area contributed by atoms with E-state index in [1.807, 2.05) is 31.4 Å². The topological polar surface area (TPSA) is 98.3 Å². The molecule has 154 valence electrons. The molecular weight excluding hydrogens is 400 g/mol. The standard InChI is InChI=1S/C18H26N4O4S2/c1-4-13(3)22(14-8-10-28(24,25)12-14)16(23)11-27-18-20-19-17(21(18)5-2)15-7-6-9-26-15/h6-7,9,13-14H,4-5,8,10-12H2,1-3H3. The molecule has 1 aliphatic rings. The monoisotopic (exact) mass is 426 g/mol. The van der Waals surface area contributed by atoms with Crippen LogP contribution in [0.15, 0.2) is 28.0 Å². The van der Waals surface area contributed by atoms with Crippen molar-refractivity contribution in [3.63, 3.8) is 0 Å². The maximum absolute atomic E-state index is 13.0. The second-order valence-corrected chi connectivity index (χ2v) is 10.1. The van der Waals surface area contributed by atoms with Gasteiger partial charge < -0.3 is 9.32 Å². The van der Waals surface area contributed by atoms with Crippen LogP contribution < -0.4 is 0 Å². The van der Waals surface area contributed by atoms with Crippen LogP contribution in [0.4, 0.5) is 0 Å². The van der Waals surface area contributed by atoms with Gasteiger partial charge in [-0.2, -0.15) is 0 Å². The van der Waals surface area contributed by atoms with E-state index in [9.17, 15) is 13.2 Å². The van der Waals surface area contributed by atoms with Crippen molar-refractivity contribution in [3.05, 3.63) is 18.4 Å². The van der Waals surface area contributed by atoms with Crippen molar-refractivity contribution in [3.8, 4) is 11.6 Å². The second-order valence-electron chi connectivity index (χ2n) is 6.93. The van der Waals surface area contributed by atoms with Crippen LogP contribution in [0.3, 0.4) is 0 Å². The molecule has 28 heavy (non-hydrogen) atoms. The van der Waals surface area contributed by atoms with Crippen LogP contribution in [0.25, 0.3) is 11.6 Å². The van der Waals surface area contributed by atoms with Gasteiger partial charge >= 0.3 is 0 Å². The third-order valence-electron chi connectivity index (χ3n) is 5.05. The molecule has 0 spiro atoms. The molecule has 2 unspecified atom stereocenters. The van der Waals surface area contributed by atoms with E-state index in [2.05, 4.69) is 10.2 Å². The first-order chi connectivity index (χ1) is 13.4. The molecule has 0 aliphatic carbocycles. The van der Waals surface area contributed by atoms with E-state index in [4.69, 9.17) is 4.42 Å². The number of aromatic nitrogens is 3. The first kappa shape index (κ1) is 20.9. The summed E-state index contributed by atoms with van der Waals surface area (Å²) in [5.41, 5.74) is 0. The van der Waals surface area contributed by atoms with E-state index in [1.165, 1.54) is 11.8 Å². The van der Waals surface area contributed by atoms with Gasteiger partial charge in [0.1, 0.15) is 0 Å². The second kappa shape index (κ2) is 8.69. The number of nitrogens with zero attached hydrogens (tertiary/aromatic N) is 4. The molecule has 0 radical (unpaired) electrons. The first-order valence-electron chi connectivity index (χ1n) is 9.47. The molecule has 0 aromatic carbocycles. The lowest BCUT2D eigenvalue weighted by Crippen LogP contribution is -2.47. The first-order valence-corrected chi connectivity index (χ1v) is 12.3. The number of rotatable bonds is 8. The Morgan fingerprint density at radius 1 is 1.43 bits per heavy atom. The van der Waals surface area contributed by atoms with Crippen LogP contribution in [0.1, 0.15) is 33.6 Å². The van der Waals surface area contributed by atoms with Gasteiger partial charge in [0.15, 0.2) is 26.6 Å². The van der Waals surface area contributed by atoms with Gasteiger partial charge in [0.05, 0.1) is 23.5 Å². The minimum absolute atomic E-state index is 0.00544. The summed E-state index contributed by atoms with van der Waals surface area (Å²) in [4.78, 5) is 14.7. The zero-order valence-corrected chi connectivity index (χ0v) is 18.0. The van der Waals surface area contributed by atoms with Gasteiger partial charge in [-0.1, -0.05) is 18.7 Å². The van der Waals surface area contributed by atoms with Crippen molar-refractivity contribution < 1.29 is 17.6 Å². The fourth-order valence-electron chi connectivity index (χ4n) is 3.47. The number of sulfone groups is 1. The molecule has 2 atom stereocenters. The molecule has 2 aromatic rings. The van der Waals surface area contributed by atoms with Crippen LogP contribution in [0.2, 0.25) is 0 Å². The Morgan fingerprint density at radius 2 is 2.21 bits per heavy atom. The molecule has 1 saturated heterocycles. The zero-order chi connectivity index (χ0) is 20.3. The molecule has 3 heterocycles. The number of furan rings is 1. The van der Waals surface area contributed by atoms with E-state index in [0.29, 0.717) is 29.7 Å². The summed E-state index contributed by atoms with van der Waals surface area (Å²) in [6.45, 7) is 6.61. The van der Waals surface area contributed by atoms with E-state index >= 15 is 0 Å². The van der Waals surface area contributed by atoms with Gasteiger partial charge in [-0.3, -0.25) is 9.36 Å². The lowest BCUT2D eigenvalue weighted by molar-refractivity contribution is -0.132. The number of thioether (sulfide) groups is 1. The lowest BCUT2D eigenvalue weighted by Gasteiger charge is -2.33. The van der Waals surface area contributed by atoms with Crippen LogP contribution in [0.5, 0.6) is 0 Å².